The molecular formula is C50H49N3. The van der Waals surface area contributed by atoms with E-state index in [9.17, 15) is 0 Å². The predicted molar refractivity (Wildman–Crippen MR) is 227 cm³/mol. The van der Waals surface area contributed by atoms with Crippen LogP contribution in [0, 0.1) is 0 Å². The fraction of sp³-hybridized carbons (Fsp3) is 0.240. The smallest absolute Gasteiger partial charge is 0.0736 e. The molecule has 0 atom stereocenters. The summed E-state index contributed by atoms with van der Waals surface area (Å²) in [4.78, 5) is 14.2. The van der Waals surface area contributed by atoms with Crippen molar-refractivity contribution in [2.45, 2.75) is 78.6 Å². The van der Waals surface area contributed by atoms with Crippen molar-refractivity contribution in [1.29, 1.82) is 0 Å². The van der Waals surface area contributed by atoms with E-state index in [1.165, 1.54) is 38.4 Å². The Balaban J connectivity index is 1.41. The van der Waals surface area contributed by atoms with Crippen LogP contribution in [0.3, 0.4) is 0 Å². The van der Waals surface area contributed by atoms with Crippen molar-refractivity contribution in [3.63, 3.8) is 0 Å². The van der Waals surface area contributed by atoms with Crippen LogP contribution in [-0.2, 0) is 16.2 Å². The van der Waals surface area contributed by atoms with Crippen molar-refractivity contribution < 1.29 is 0 Å². The monoisotopic (exact) mass is 691 g/mol. The zero-order valence-corrected chi connectivity index (χ0v) is 32.5. The molecule has 0 fully saturated rings. The van der Waals surface area contributed by atoms with Gasteiger partial charge in [0.05, 0.1) is 22.6 Å². The third kappa shape index (κ3) is 6.66. The molecule has 3 heteroatoms. The number of H-pyrrole nitrogens is 1. The Kier molecular flexibility index (Phi) is 8.18. The second-order valence-electron chi connectivity index (χ2n) is 17.8. The first-order chi connectivity index (χ1) is 25.1. The molecule has 0 aliphatic rings. The van der Waals surface area contributed by atoms with E-state index in [1.807, 2.05) is 6.20 Å². The zero-order valence-electron chi connectivity index (χ0n) is 32.5. The number of pyridine rings is 2. The highest BCUT2D eigenvalue weighted by molar-refractivity contribution is 6.11. The van der Waals surface area contributed by atoms with Crippen LogP contribution in [0.5, 0.6) is 0 Å². The van der Waals surface area contributed by atoms with Gasteiger partial charge < -0.3 is 4.98 Å². The molecule has 3 heterocycles. The maximum absolute atomic E-state index is 5.53. The SMILES string of the molecule is CC(C)(C)c1cc(-c2cc3ccccc3cn2)cc(-c2cc(-c3cc(C(C)(C)C)cc(C(C)(C)C)c3)cc(-c3cccc4c3[nH]c3ccccc34)n2)c1. The number of nitrogens with zero attached hydrogens (tertiary/aromatic N) is 2. The topological polar surface area (TPSA) is 41.6 Å². The fourth-order valence-corrected chi connectivity index (χ4v) is 7.33. The largest absolute Gasteiger partial charge is 0.354 e. The van der Waals surface area contributed by atoms with Crippen LogP contribution in [0.2, 0.25) is 0 Å². The summed E-state index contributed by atoms with van der Waals surface area (Å²) >= 11 is 0. The Morgan fingerprint density at radius 3 is 1.68 bits per heavy atom. The van der Waals surface area contributed by atoms with Gasteiger partial charge in [0.2, 0.25) is 0 Å². The van der Waals surface area contributed by atoms with Gasteiger partial charge >= 0.3 is 0 Å². The number of aromatic nitrogens is 3. The zero-order chi connectivity index (χ0) is 37.3. The molecule has 264 valence electrons. The minimum absolute atomic E-state index is 0.00650. The average molecular weight is 692 g/mol. The summed E-state index contributed by atoms with van der Waals surface area (Å²) in [6.45, 7) is 20.7. The molecule has 0 aliphatic carbocycles. The summed E-state index contributed by atoms with van der Waals surface area (Å²) in [5, 5.41) is 4.75. The van der Waals surface area contributed by atoms with E-state index < -0.39 is 0 Å². The molecule has 5 aromatic carbocycles. The van der Waals surface area contributed by atoms with Gasteiger partial charge in [-0.25, -0.2) is 4.98 Å². The lowest BCUT2D eigenvalue weighted by Gasteiger charge is -2.26. The Hall–Kier alpha value is -5.54. The Labute approximate surface area is 314 Å². The number of para-hydroxylation sites is 2. The number of fused-ring (bicyclic) bond motifs is 4. The number of aromatic amines is 1. The van der Waals surface area contributed by atoms with Gasteiger partial charge in [0.15, 0.2) is 0 Å². The van der Waals surface area contributed by atoms with Gasteiger partial charge in [-0.1, -0.05) is 141 Å². The highest BCUT2D eigenvalue weighted by Crippen LogP contribution is 2.40. The number of rotatable bonds is 4. The van der Waals surface area contributed by atoms with Crippen molar-refractivity contribution in [1.82, 2.24) is 15.0 Å². The van der Waals surface area contributed by atoms with Crippen LogP contribution in [0.25, 0.3) is 77.5 Å². The van der Waals surface area contributed by atoms with Gasteiger partial charge in [0, 0.05) is 44.6 Å². The van der Waals surface area contributed by atoms with Crippen LogP contribution in [-0.4, -0.2) is 15.0 Å². The predicted octanol–water partition coefficient (Wildman–Crippen LogP) is 13.8. The summed E-state index contributed by atoms with van der Waals surface area (Å²) in [7, 11) is 0. The van der Waals surface area contributed by atoms with Crippen molar-refractivity contribution in [3.8, 4) is 44.9 Å². The third-order valence-corrected chi connectivity index (χ3v) is 10.7. The maximum Gasteiger partial charge on any atom is 0.0736 e. The highest BCUT2D eigenvalue weighted by Gasteiger charge is 2.23. The molecule has 8 aromatic rings. The van der Waals surface area contributed by atoms with Crippen molar-refractivity contribution in [2.24, 2.45) is 0 Å². The van der Waals surface area contributed by atoms with Crippen LogP contribution in [0.1, 0.15) is 79.0 Å². The molecule has 0 spiro atoms. The van der Waals surface area contributed by atoms with E-state index in [4.69, 9.17) is 9.97 Å². The standard InChI is InChI=1S/C50H49N3/c1-48(2,3)37-24-35(44-26-31-15-10-11-16-32(31)30-51-44)21-36(25-37)45-27-34(33-22-38(49(4,5)6)29-39(23-33)50(7,8)9)28-46(52-45)42-19-14-18-41-40-17-12-13-20-43(40)53-47(41)42/h10-30,53H,1-9H3. The summed E-state index contributed by atoms with van der Waals surface area (Å²) in [6, 6.07) is 44.4. The number of benzene rings is 5. The Bertz CT molecular complexity index is 2640. The van der Waals surface area contributed by atoms with Crippen LogP contribution in [0.4, 0.5) is 0 Å². The maximum atomic E-state index is 5.53. The first-order valence-corrected chi connectivity index (χ1v) is 18.8. The van der Waals surface area contributed by atoms with E-state index in [0.29, 0.717) is 0 Å². The third-order valence-electron chi connectivity index (χ3n) is 10.7. The van der Waals surface area contributed by atoms with Gasteiger partial charge in [-0.2, -0.15) is 0 Å². The van der Waals surface area contributed by atoms with Gasteiger partial charge in [-0.3, -0.25) is 4.98 Å². The van der Waals surface area contributed by atoms with E-state index in [0.717, 1.165) is 55.8 Å². The van der Waals surface area contributed by atoms with Crippen LogP contribution < -0.4 is 0 Å². The van der Waals surface area contributed by atoms with Gasteiger partial charge in [-0.15, -0.1) is 0 Å². The van der Waals surface area contributed by atoms with Gasteiger partial charge in [0.1, 0.15) is 0 Å². The molecule has 0 bridgehead atoms. The summed E-state index contributed by atoms with van der Waals surface area (Å²) in [5.74, 6) is 0. The Morgan fingerprint density at radius 1 is 0.434 bits per heavy atom. The molecule has 3 nitrogen and oxygen atoms in total. The average Bonchev–Trinajstić information content (AvgIpc) is 3.52. The van der Waals surface area contributed by atoms with Crippen LogP contribution in [0.15, 0.2) is 128 Å². The Morgan fingerprint density at radius 2 is 0.981 bits per heavy atom. The number of hydrogen-bond donors (Lipinski definition) is 1. The lowest BCUT2D eigenvalue weighted by molar-refractivity contribution is 0.569. The molecule has 0 amide bonds. The molecule has 0 radical (unpaired) electrons. The molecule has 0 saturated heterocycles. The number of nitrogens with one attached hydrogen (secondary N) is 1. The second kappa shape index (κ2) is 12.6. The minimum atomic E-state index is -0.0827. The summed E-state index contributed by atoms with van der Waals surface area (Å²) in [5.41, 5.74) is 14.5. The molecule has 0 aliphatic heterocycles. The van der Waals surface area contributed by atoms with Crippen molar-refractivity contribution >= 4 is 32.6 Å². The normalized spacial score (nSPS) is 12.6. The molecule has 53 heavy (non-hydrogen) atoms. The van der Waals surface area contributed by atoms with Gasteiger partial charge in [-0.05, 0) is 91.9 Å². The number of hydrogen-bond acceptors (Lipinski definition) is 2. The van der Waals surface area contributed by atoms with Crippen molar-refractivity contribution in [3.05, 3.63) is 144 Å². The van der Waals surface area contributed by atoms with Gasteiger partial charge in [0.25, 0.3) is 0 Å². The molecule has 8 rings (SSSR count). The molecule has 3 aromatic heterocycles. The molecule has 0 unspecified atom stereocenters. The van der Waals surface area contributed by atoms with Crippen molar-refractivity contribution in [2.75, 3.05) is 0 Å². The summed E-state index contributed by atoms with van der Waals surface area (Å²) < 4.78 is 0. The highest BCUT2D eigenvalue weighted by atomic mass is 14.7. The molecule has 1 N–H and O–H groups in total. The molecule has 0 saturated carbocycles. The van der Waals surface area contributed by atoms with Crippen LogP contribution >= 0.6 is 0 Å². The first-order valence-electron chi connectivity index (χ1n) is 18.8. The van der Waals surface area contributed by atoms with E-state index in [2.05, 4.69) is 189 Å². The fourth-order valence-electron chi connectivity index (χ4n) is 7.33. The second-order valence-corrected chi connectivity index (χ2v) is 17.8. The molecular weight excluding hydrogens is 643 g/mol. The minimum Gasteiger partial charge on any atom is -0.354 e. The van der Waals surface area contributed by atoms with E-state index in [-0.39, 0.29) is 16.2 Å². The summed E-state index contributed by atoms with van der Waals surface area (Å²) in [6.07, 6.45) is 1.99. The van der Waals surface area contributed by atoms with E-state index >= 15 is 0 Å². The van der Waals surface area contributed by atoms with E-state index in [1.54, 1.807) is 0 Å². The lowest BCUT2D eigenvalue weighted by atomic mass is 9.79. The quantitative estimate of drug-likeness (QED) is 0.200. The first kappa shape index (κ1) is 34.5. The lowest BCUT2D eigenvalue weighted by Crippen LogP contribution is -2.16.